The largest absolute Gasteiger partial charge is 0.334 e. The van der Waals surface area contributed by atoms with Crippen LogP contribution in [-0.2, 0) is 14.6 Å². The maximum absolute atomic E-state index is 12.2. The van der Waals surface area contributed by atoms with Crippen molar-refractivity contribution >= 4 is 22.2 Å². The summed E-state index contributed by atoms with van der Waals surface area (Å²) < 4.78 is 24.2. The van der Waals surface area contributed by atoms with Gasteiger partial charge in [-0.15, -0.1) is 0 Å². The van der Waals surface area contributed by atoms with Gasteiger partial charge in [0.25, 0.3) is 0 Å². The molecular weight excluding hydrogens is 304 g/mol. The Kier molecular flexibility index (Phi) is 6.01. The van der Waals surface area contributed by atoms with Gasteiger partial charge in [0.15, 0.2) is 9.84 Å². The van der Waals surface area contributed by atoms with E-state index in [-0.39, 0.29) is 11.7 Å². The van der Waals surface area contributed by atoms with Crippen molar-refractivity contribution in [3.8, 4) is 0 Å². The molecule has 0 saturated carbocycles. The Morgan fingerprint density at radius 3 is 2.18 bits per heavy atom. The highest BCUT2D eigenvalue weighted by atomic mass is 32.2. The summed E-state index contributed by atoms with van der Waals surface area (Å²) in [4.78, 5) is 23.3. The molecule has 0 aliphatic carbocycles. The molecule has 2 amide bonds. The Hall–Kier alpha value is -1.11. The van der Waals surface area contributed by atoms with Crippen LogP contribution in [0.5, 0.6) is 0 Å². The molecule has 3 atom stereocenters. The summed E-state index contributed by atoms with van der Waals surface area (Å²) in [5.74, 6) is 0.177. The third-order valence-corrected chi connectivity index (χ3v) is 6.46. The number of hydrogen-bond acceptors (Lipinski definition) is 4. The monoisotopic (exact) mass is 332 g/mol. The van der Waals surface area contributed by atoms with Crippen LogP contribution in [0.15, 0.2) is 0 Å². The molecule has 1 aliphatic rings. The van der Waals surface area contributed by atoms with Crippen LogP contribution in [0.1, 0.15) is 47.5 Å². The van der Waals surface area contributed by atoms with Gasteiger partial charge in [-0.3, -0.25) is 0 Å². The fraction of sp³-hybridized carbons (Fsp3) is 0.867. The van der Waals surface area contributed by atoms with Crippen molar-refractivity contribution in [2.75, 3.05) is 5.75 Å². The Bertz CT molecular complexity index is 508. The van der Waals surface area contributed by atoms with Crippen LogP contribution >= 0.6 is 0 Å². The number of amides is 2. The number of sulfone groups is 1. The second-order valence-corrected chi connectivity index (χ2v) is 9.75. The first kappa shape index (κ1) is 18.9. The number of urea groups is 1. The van der Waals surface area contributed by atoms with Crippen molar-refractivity contribution in [1.82, 2.24) is 10.6 Å². The van der Waals surface area contributed by atoms with E-state index in [1.54, 1.807) is 0 Å². The second-order valence-electron chi connectivity index (χ2n) is 7.42. The molecular formula is C15H28N2O4S. The van der Waals surface area contributed by atoms with Crippen LogP contribution < -0.4 is 10.6 Å². The van der Waals surface area contributed by atoms with Crippen LogP contribution in [0.25, 0.3) is 0 Å². The van der Waals surface area contributed by atoms with Crippen LogP contribution in [0.3, 0.4) is 0 Å². The van der Waals surface area contributed by atoms with E-state index in [1.807, 2.05) is 34.6 Å². The SMILES string of the molecule is CC(C)C(NC(=O)N[C@H](C=O)C(C)(C)C)C1CCCS1(=O)=O. The molecule has 1 saturated heterocycles. The van der Waals surface area contributed by atoms with Crippen LogP contribution in [-0.4, -0.2) is 43.8 Å². The van der Waals surface area contributed by atoms with Crippen molar-refractivity contribution in [2.45, 2.75) is 64.8 Å². The van der Waals surface area contributed by atoms with Crippen molar-refractivity contribution in [2.24, 2.45) is 11.3 Å². The van der Waals surface area contributed by atoms with E-state index in [0.717, 1.165) is 0 Å². The summed E-state index contributed by atoms with van der Waals surface area (Å²) in [5, 5.41) is 4.85. The van der Waals surface area contributed by atoms with Crippen molar-refractivity contribution < 1.29 is 18.0 Å². The maximum atomic E-state index is 12.2. The first-order valence-corrected chi connectivity index (χ1v) is 9.44. The zero-order valence-electron chi connectivity index (χ0n) is 14.0. The molecule has 0 aromatic heterocycles. The van der Waals surface area contributed by atoms with Crippen molar-refractivity contribution in [3.05, 3.63) is 0 Å². The normalized spacial score (nSPS) is 23.8. The highest BCUT2D eigenvalue weighted by Crippen LogP contribution is 2.26. The average Bonchev–Trinajstić information content (AvgIpc) is 2.70. The molecule has 0 aromatic rings. The lowest BCUT2D eigenvalue weighted by atomic mass is 9.88. The van der Waals surface area contributed by atoms with Gasteiger partial charge in [0.2, 0.25) is 0 Å². The van der Waals surface area contributed by atoms with Gasteiger partial charge >= 0.3 is 6.03 Å². The lowest BCUT2D eigenvalue weighted by molar-refractivity contribution is -0.111. The Labute approximate surface area is 133 Å². The average molecular weight is 332 g/mol. The number of nitrogens with one attached hydrogen (secondary N) is 2. The fourth-order valence-electron chi connectivity index (χ4n) is 2.70. The van der Waals surface area contributed by atoms with Crippen molar-refractivity contribution in [1.29, 1.82) is 0 Å². The summed E-state index contributed by atoms with van der Waals surface area (Å²) in [6.07, 6.45) is 1.91. The summed E-state index contributed by atoms with van der Waals surface area (Å²) in [5.41, 5.74) is -0.397. The van der Waals surface area contributed by atoms with Gasteiger partial charge in [0.1, 0.15) is 6.29 Å². The molecule has 6 nitrogen and oxygen atoms in total. The van der Waals surface area contributed by atoms with Gasteiger partial charge < -0.3 is 15.4 Å². The highest BCUT2D eigenvalue weighted by molar-refractivity contribution is 7.92. The number of carbonyl (C=O) groups is 2. The molecule has 128 valence electrons. The van der Waals surface area contributed by atoms with E-state index in [2.05, 4.69) is 10.6 Å². The van der Waals surface area contributed by atoms with Gasteiger partial charge in [0.05, 0.1) is 17.0 Å². The second kappa shape index (κ2) is 6.98. The molecule has 2 N–H and O–H groups in total. The van der Waals surface area contributed by atoms with E-state index >= 15 is 0 Å². The molecule has 1 aliphatic heterocycles. The van der Waals surface area contributed by atoms with Gasteiger partial charge in [-0.05, 0) is 24.2 Å². The molecule has 22 heavy (non-hydrogen) atoms. The van der Waals surface area contributed by atoms with E-state index in [9.17, 15) is 18.0 Å². The van der Waals surface area contributed by atoms with E-state index in [1.165, 1.54) is 0 Å². The number of hydrogen-bond donors (Lipinski definition) is 2. The van der Waals surface area contributed by atoms with Crippen LogP contribution in [0, 0.1) is 11.3 Å². The summed E-state index contributed by atoms with van der Waals surface area (Å²) in [6, 6.07) is -1.56. The first-order valence-electron chi connectivity index (χ1n) is 7.73. The van der Waals surface area contributed by atoms with Gasteiger partial charge in [-0.2, -0.15) is 0 Å². The Balaban J connectivity index is 2.80. The van der Waals surface area contributed by atoms with E-state index < -0.39 is 38.6 Å². The summed E-state index contributed by atoms with van der Waals surface area (Å²) in [7, 11) is -3.15. The number of aldehydes is 1. The van der Waals surface area contributed by atoms with Crippen LogP contribution in [0.4, 0.5) is 4.79 Å². The van der Waals surface area contributed by atoms with E-state index in [0.29, 0.717) is 19.1 Å². The zero-order valence-corrected chi connectivity index (χ0v) is 14.9. The molecule has 0 bridgehead atoms. The Morgan fingerprint density at radius 1 is 1.23 bits per heavy atom. The maximum Gasteiger partial charge on any atom is 0.315 e. The molecule has 2 unspecified atom stereocenters. The minimum atomic E-state index is -3.15. The quantitative estimate of drug-likeness (QED) is 0.746. The Morgan fingerprint density at radius 2 is 1.82 bits per heavy atom. The molecule has 7 heteroatoms. The minimum Gasteiger partial charge on any atom is -0.334 e. The first-order chi connectivity index (χ1) is 9.99. The zero-order chi connectivity index (χ0) is 17.1. The predicted octanol–water partition coefficient (Wildman–Crippen LogP) is 1.50. The summed E-state index contributed by atoms with van der Waals surface area (Å²) >= 11 is 0. The van der Waals surface area contributed by atoms with Gasteiger partial charge in [-0.1, -0.05) is 34.6 Å². The lowest BCUT2D eigenvalue weighted by Gasteiger charge is -2.31. The third-order valence-electron chi connectivity index (χ3n) is 4.15. The smallest absolute Gasteiger partial charge is 0.315 e. The van der Waals surface area contributed by atoms with Crippen molar-refractivity contribution in [3.63, 3.8) is 0 Å². The lowest BCUT2D eigenvalue weighted by Crippen LogP contribution is -2.55. The standard InChI is InChI=1S/C15H28N2O4S/c1-10(2)13(11-7-6-8-22(11,20)21)17-14(19)16-12(9-18)15(3,4)5/h9-13H,6-8H2,1-5H3,(H2,16,17,19)/t11?,12-,13?/m1/s1. The van der Waals surface area contributed by atoms with Gasteiger partial charge in [-0.25, -0.2) is 13.2 Å². The minimum absolute atomic E-state index is 0.00653. The molecule has 1 rings (SSSR count). The molecule has 0 aromatic carbocycles. The highest BCUT2D eigenvalue weighted by Gasteiger charge is 2.40. The molecule has 1 heterocycles. The summed E-state index contributed by atoms with van der Waals surface area (Å²) in [6.45, 7) is 9.34. The number of carbonyl (C=O) groups excluding carboxylic acids is 2. The third kappa shape index (κ3) is 4.69. The molecule has 0 radical (unpaired) electrons. The fourth-order valence-corrected chi connectivity index (χ4v) is 4.92. The molecule has 0 spiro atoms. The van der Waals surface area contributed by atoms with Crippen LogP contribution in [0.2, 0.25) is 0 Å². The number of rotatable bonds is 5. The van der Waals surface area contributed by atoms with E-state index in [4.69, 9.17) is 0 Å². The van der Waals surface area contributed by atoms with Gasteiger partial charge in [0, 0.05) is 6.04 Å². The predicted molar refractivity (Wildman–Crippen MR) is 86.4 cm³/mol. The molecule has 1 fully saturated rings. The topological polar surface area (TPSA) is 92.3 Å².